The van der Waals surface area contributed by atoms with Crippen LogP contribution in [0.5, 0.6) is 0 Å². The fraction of sp³-hybridized carbons (Fsp3) is 0.125. The lowest BCUT2D eigenvalue weighted by atomic mass is 9.95. The van der Waals surface area contributed by atoms with Crippen LogP contribution in [0, 0.1) is 0 Å². The predicted molar refractivity (Wildman–Crippen MR) is 76.9 cm³/mol. The number of imidazole rings is 1. The number of alkyl halides is 3. The molecule has 0 aliphatic carbocycles. The smallest absolute Gasteiger partial charge is 0.306 e. The van der Waals surface area contributed by atoms with Gasteiger partial charge >= 0.3 is 6.18 Å². The van der Waals surface area contributed by atoms with Gasteiger partial charge in [-0.1, -0.05) is 0 Å². The van der Waals surface area contributed by atoms with E-state index in [-0.39, 0.29) is 0 Å². The number of pyridine rings is 1. The highest BCUT2D eigenvalue weighted by molar-refractivity contribution is 5.94. The molecular weight excluding hydrogens is 291 g/mol. The molecule has 1 aliphatic rings. The van der Waals surface area contributed by atoms with Gasteiger partial charge in [-0.15, -0.1) is 0 Å². The van der Waals surface area contributed by atoms with Crippen molar-refractivity contribution in [3.63, 3.8) is 0 Å². The molecule has 110 valence electrons. The van der Waals surface area contributed by atoms with Gasteiger partial charge in [-0.05, 0) is 41.0 Å². The van der Waals surface area contributed by atoms with Crippen LogP contribution >= 0.6 is 0 Å². The van der Waals surface area contributed by atoms with Crippen LogP contribution in [0.1, 0.15) is 16.7 Å². The number of hydrogen-bond donors (Lipinski definition) is 0. The maximum Gasteiger partial charge on any atom is 0.416 e. The Kier molecular flexibility index (Phi) is 2.63. The first-order valence-electron chi connectivity index (χ1n) is 6.69. The average Bonchev–Trinajstić information content (AvgIpc) is 3.13. The maximum absolute atomic E-state index is 13.1. The van der Waals surface area contributed by atoms with Crippen molar-refractivity contribution in [1.29, 1.82) is 0 Å². The number of benzene rings is 1. The molecule has 0 spiro atoms. The molecule has 0 saturated heterocycles. The molecule has 0 bridgehead atoms. The van der Waals surface area contributed by atoms with Crippen molar-refractivity contribution in [1.82, 2.24) is 9.38 Å². The second-order valence-electron chi connectivity index (χ2n) is 5.17. The molecule has 2 aromatic heterocycles. The Balaban J connectivity index is 1.96. The summed E-state index contributed by atoms with van der Waals surface area (Å²) in [7, 11) is 0. The van der Waals surface area contributed by atoms with Gasteiger partial charge in [0.15, 0.2) is 0 Å². The van der Waals surface area contributed by atoms with E-state index in [2.05, 4.69) is 9.98 Å². The van der Waals surface area contributed by atoms with Crippen LogP contribution in [0.3, 0.4) is 0 Å². The summed E-state index contributed by atoms with van der Waals surface area (Å²) in [5.41, 5.74) is 2.73. The quantitative estimate of drug-likeness (QED) is 0.669. The zero-order valence-electron chi connectivity index (χ0n) is 11.3. The normalized spacial score (nSPS) is 13.8. The Morgan fingerprint density at radius 2 is 2.00 bits per heavy atom. The Bertz CT molecular complexity index is 907. The molecule has 0 fully saturated rings. The van der Waals surface area contributed by atoms with Gasteiger partial charge < -0.3 is 4.40 Å². The minimum absolute atomic E-state index is 0.291. The van der Waals surface area contributed by atoms with Crippen LogP contribution < -0.4 is 0 Å². The minimum Gasteiger partial charge on any atom is -0.306 e. The third-order valence-corrected chi connectivity index (χ3v) is 3.77. The number of nitrogens with zero attached hydrogens (tertiary/aromatic N) is 3. The van der Waals surface area contributed by atoms with Gasteiger partial charge in [0.2, 0.25) is 0 Å². The van der Waals surface area contributed by atoms with Gasteiger partial charge in [0.1, 0.15) is 5.65 Å². The zero-order chi connectivity index (χ0) is 15.3. The van der Waals surface area contributed by atoms with Gasteiger partial charge in [0, 0.05) is 30.4 Å². The molecule has 1 aliphatic heterocycles. The van der Waals surface area contributed by atoms with Crippen molar-refractivity contribution < 1.29 is 13.2 Å². The summed E-state index contributed by atoms with van der Waals surface area (Å²) in [5, 5.41) is 0. The highest BCUT2D eigenvalue weighted by Crippen LogP contribution is 2.37. The van der Waals surface area contributed by atoms with Gasteiger partial charge in [-0.3, -0.25) is 4.99 Å². The van der Waals surface area contributed by atoms with E-state index in [1.807, 2.05) is 0 Å². The van der Waals surface area contributed by atoms with Gasteiger partial charge in [-0.2, -0.15) is 13.2 Å². The average molecular weight is 301 g/mol. The number of aromatic nitrogens is 2. The van der Waals surface area contributed by atoms with Gasteiger partial charge in [0.05, 0.1) is 12.1 Å². The molecule has 3 aromatic rings. The summed E-state index contributed by atoms with van der Waals surface area (Å²) < 4.78 is 41.1. The highest BCUT2D eigenvalue weighted by atomic mass is 19.4. The van der Waals surface area contributed by atoms with Crippen LogP contribution in [0.25, 0.3) is 16.8 Å². The molecule has 0 radical (unpaired) electrons. The Morgan fingerprint density at radius 3 is 2.82 bits per heavy atom. The molecule has 0 saturated carbocycles. The maximum atomic E-state index is 13.1. The molecule has 3 heterocycles. The van der Waals surface area contributed by atoms with Crippen LogP contribution in [-0.2, 0) is 12.7 Å². The number of aliphatic imine (C=N–C) groups is 1. The molecule has 0 unspecified atom stereocenters. The second kappa shape index (κ2) is 4.43. The summed E-state index contributed by atoms with van der Waals surface area (Å²) in [5.74, 6) is 0. The molecular formula is C16H10F3N3. The molecule has 0 atom stereocenters. The predicted octanol–water partition coefficient (Wildman–Crippen LogP) is 3.95. The third-order valence-electron chi connectivity index (χ3n) is 3.77. The number of rotatable bonds is 1. The van der Waals surface area contributed by atoms with Crippen molar-refractivity contribution in [2.75, 3.05) is 0 Å². The van der Waals surface area contributed by atoms with Gasteiger partial charge in [-0.25, -0.2) is 4.98 Å². The number of hydrogen-bond acceptors (Lipinski definition) is 2. The lowest BCUT2D eigenvalue weighted by Gasteiger charge is -2.13. The topological polar surface area (TPSA) is 29.7 Å². The van der Waals surface area contributed by atoms with Crippen molar-refractivity contribution in [2.45, 2.75) is 12.7 Å². The van der Waals surface area contributed by atoms with E-state index in [0.29, 0.717) is 23.2 Å². The van der Waals surface area contributed by atoms with Crippen LogP contribution in [0.2, 0.25) is 0 Å². The minimum atomic E-state index is -4.37. The zero-order valence-corrected chi connectivity index (χ0v) is 11.3. The van der Waals surface area contributed by atoms with Crippen LogP contribution in [0.15, 0.2) is 47.8 Å². The van der Waals surface area contributed by atoms with Crippen molar-refractivity contribution in [3.05, 3.63) is 59.5 Å². The lowest BCUT2D eigenvalue weighted by molar-refractivity contribution is -0.137. The molecule has 6 heteroatoms. The van der Waals surface area contributed by atoms with E-state index >= 15 is 0 Å². The van der Waals surface area contributed by atoms with Crippen molar-refractivity contribution in [2.24, 2.45) is 4.99 Å². The van der Waals surface area contributed by atoms with E-state index in [1.54, 1.807) is 41.3 Å². The fourth-order valence-corrected chi connectivity index (χ4v) is 2.71. The van der Waals surface area contributed by atoms with E-state index in [0.717, 1.165) is 11.2 Å². The summed E-state index contributed by atoms with van der Waals surface area (Å²) in [4.78, 5) is 8.24. The van der Waals surface area contributed by atoms with E-state index < -0.39 is 11.7 Å². The SMILES string of the molecule is FC(F)(F)c1cc2c(c(-c3ccc4nccn4c3)c1)C=NC2. The standard InChI is InChI=1S/C16H10F3N3/c17-16(18,19)12-5-11-7-20-8-14(11)13(6-12)10-1-2-15-21-3-4-22(15)9-10/h1-6,8-9H,7H2. The summed E-state index contributed by atoms with van der Waals surface area (Å²) in [6.45, 7) is 0.291. The van der Waals surface area contributed by atoms with E-state index in [1.165, 1.54) is 12.1 Å². The molecule has 22 heavy (non-hydrogen) atoms. The van der Waals surface area contributed by atoms with Crippen LogP contribution in [0.4, 0.5) is 13.2 Å². The number of fused-ring (bicyclic) bond motifs is 2. The third kappa shape index (κ3) is 1.99. The van der Waals surface area contributed by atoms with Crippen molar-refractivity contribution >= 4 is 11.9 Å². The highest BCUT2D eigenvalue weighted by Gasteiger charge is 2.32. The monoisotopic (exact) mass is 301 g/mol. The first-order chi connectivity index (χ1) is 10.5. The van der Waals surface area contributed by atoms with Gasteiger partial charge in [0.25, 0.3) is 0 Å². The first kappa shape index (κ1) is 13.1. The molecule has 1 aromatic carbocycles. The second-order valence-corrected chi connectivity index (χ2v) is 5.17. The van der Waals surface area contributed by atoms with Crippen LogP contribution in [-0.4, -0.2) is 15.6 Å². The molecule has 3 nitrogen and oxygen atoms in total. The molecule has 0 amide bonds. The lowest BCUT2D eigenvalue weighted by Crippen LogP contribution is -2.07. The molecule has 4 rings (SSSR count). The van der Waals surface area contributed by atoms with Crippen molar-refractivity contribution in [3.8, 4) is 11.1 Å². The summed E-state index contributed by atoms with van der Waals surface area (Å²) in [6.07, 6.45) is 2.47. The van der Waals surface area contributed by atoms with E-state index in [4.69, 9.17) is 0 Å². The van der Waals surface area contributed by atoms with E-state index in [9.17, 15) is 13.2 Å². The fourth-order valence-electron chi connectivity index (χ4n) is 2.71. The largest absolute Gasteiger partial charge is 0.416 e. The summed E-state index contributed by atoms with van der Waals surface area (Å²) in [6, 6.07) is 5.94. The summed E-state index contributed by atoms with van der Waals surface area (Å²) >= 11 is 0. The number of halogens is 3. The Hall–Kier alpha value is -2.63. The molecule has 0 N–H and O–H groups in total. The first-order valence-corrected chi connectivity index (χ1v) is 6.69. The Morgan fingerprint density at radius 1 is 1.14 bits per heavy atom. The Labute approximate surface area is 123 Å².